The summed E-state index contributed by atoms with van der Waals surface area (Å²) in [6.45, 7) is 11.9. The highest BCUT2D eigenvalue weighted by Gasteiger charge is 2.22. The number of benzene rings is 1. The second kappa shape index (κ2) is 14.6. The Bertz CT molecular complexity index is 731. The first-order valence-electron chi connectivity index (χ1n) is 12.1. The van der Waals surface area contributed by atoms with E-state index in [-0.39, 0.29) is 35.7 Å². The molecule has 1 amide bonds. The number of piperidine rings is 1. The van der Waals surface area contributed by atoms with E-state index in [4.69, 9.17) is 0 Å². The van der Waals surface area contributed by atoms with Gasteiger partial charge in [-0.1, -0.05) is 6.92 Å². The van der Waals surface area contributed by atoms with E-state index in [2.05, 4.69) is 39.3 Å². The summed E-state index contributed by atoms with van der Waals surface area (Å²) in [6, 6.07) is 7.00. The zero-order chi connectivity index (χ0) is 22.8. The van der Waals surface area contributed by atoms with Gasteiger partial charge in [0.1, 0.15) is 5.82 Å². The molecular weight excluding hydrogens is 534 g/mol. The molecule has 186 valence electrons. The SMILES string of the molecule is CCCN1CCC(NC(=NCCC(=O)N2CCN(c3ccc(F)cc3)CC2)NCC)CC1.I. The van der Waals surface area contributed by atoms with Crippen molar-refractivity contribution >= 4 is 41.5 Å². The molecule has 2 N–H and O–H groups in total. The molecule has 2 aliphatic heterocycles. The number of nitrogens with one attached hydrogen (secondary N) is 2. The molecule has 1 aromatic rings. The number of hydrogen-bond donors (Lipinski definition) is 2. The number of guanidine groups is 1. The molecule has 0 atom stereocenters. The normalized spacial score (nSPS) is 18.1. The maximum Gasteiger partial charge on any atom is 0.224 e. The van der Waals surface area contributed by atoms with Gasteiger partial charge in [-0.05, 0) is 57.0 Å². The van der Waals surface area contributed by atoms with Gasteiger partial charge in [0.2, 0.25) is 5.91 Å². The zero-order valence-corrected chi connectivity index (χ0v) is 22.4. The van der Waals surface area contributed by atoms with Crippen LogP contribution in [0, 0.1) is 5.82 Å². The minimum absolute atomic E-state index is 0. The molecule has 3 rings (SSSR count). The van der Waals surface area contributed by atoms with Gasteiger partial charge in [0.25, 0.3) is 0 Å². The third-order valence-electron chi connectivity index (χ3n) is 6.23. The summed E-state index contributed by atoms with van der Waals surface area (Å²) in [5.41, 5.74) is 1.00. The van der Waals surface area contributed by atoms with Crippen LogP contribution in [0.15, 0.2) is 29.3 Å². The molecular formula is C24H40FIN6O. The fourth-order valence-electron chi connectivity index (χ4n) is 4.42. The van der Waals surface area contributed by atoms with Gasteiger partial charge >= 0.3 is 0 Å². The number of halogens is 2. The lowest BCUT2D eigenvalue weighted by Gasteiger charge is -2.36. The topological polar surface area (TPSA) is 63.2 Å². The van der Waals surface area contributed by atoms with E-state index in [1.54, 1.807) is 12.1 Å². The minimum Gasteiger partial charge on any atom is -0.368 e. The summed E-state index contributed by atoms with van der Waals surface area (Å²) < 4.78 is 13.1. The molecule has 2 fully saturated rings. The van der Waals surface area contributed by atoms with Gasteiger partial charge in [0.05, 0.1) is 6.54 Å². The lowest BCUT2D eigenvalue weighted by atomic mass is 10.1. The number of carbonyl (C=O) groups is 1. The molecule has 0 bridgehead atoms. The minimum atomic E-state index is -0.225. The van der Waals surface area contributed by atoms with Gasteiger partial charge in [-0.3, -0.25) is 9.79 Å². The maximum absolute atomic E-state index is 13.1. The van der Waals surface area contributed by atoms with Gasteiger partial charge in [-0.2, -0.15) is 0 Å². The molecule has 0 aromatic heterocycles. The van der Waals surface area contributed by atoms with E-state index >= 15 is 0 Å². The van der Waals surface area contributed by atoms with Crippen molar-refractivity contribution in [1.29, 1.82) is 0 Å². The third-order valence-corrected chi connectivity index (χ3v) is 6.23. The van der Waals surface area contributed by atoms with Crippen molar-refractivity contribution in [1.82, 2.24) is 20.4 Å². The second-order valence-electron chi connectivity index (χ2n) is 8.62. The Hall–Kier alpha value is -1.62. The van der Waals surface area contributed by atoms with E-state index in [0.717, 1.165) is 57.2 Å². The van der Waals surface area contributed by atoms with Crippen molar-refractivity contribution in [2.24, 2.45) is 4.99 Å². The Balaban J connectivity index is 0.00000385. The molecule has 0 radical (unpaired) electrons. The van der Waals surface area contributed by atoms with Gasteiger partial charge < -0.3 is 25.3 Å². The highest BCUT2D eigenvalue weighted by Crippen LogP contribution is 2.17. The lowest BCUT2D eigenvalue weighted by Crippen LogP contribution is -2.49. The summed E-state index contributed by atoms with van der Waals surface area (Å²) in [5.74, 6) is 0.739. The summed E-state index contributed by atoms with van der Waals surface area (Å²) in [4.78, 5) is 23.9. The van der Waals surface area contributed by atoms with Crippen LogP contribution in [-0.4, -0.2) is 86.6 Å². The van der Waals surface area contributed by atoms with Gasteiger partial charge in [-0.15, -0.1) is 24.0 Å². The van der Waals surface area contributed by atoms with E-state index in [1.165, 1.54) is 25.1 Å². The van der Waals surface area contributed by atoms with Crippen LogP contribution < -0.4 is 15.5 Å². The lowest BCUT2D eigenvalue weighted by molar-refractivity contribution is -0.131. The van der Waals surface area contributed by atoms with Crippen molar-refractivity contribution < 1.29 is 9.18 Å². The maximum atomic E-state index is 13.1. The quantitative estimate of drug-likeness (QED) is 0.284. The Labute approximate surface area is 215 Å². The predicted octanol–water partition coefficient (Wildman–Crippen LogP) is 2.91. The molecule has 0 aliphatic carbocycles. The Morgan fingerprint density at radius 3 is 2.33 bits per heavy atom. The number of piperazine rings is 1. The van der Waals surface area contributed by atoms with Crippen molar-refractivity contribution in [3.05, 3.63) is 30.1 Å². The van der Waals surface area contributed by atoms with Crippen molar-refractivity contribution in [3.8, 4) is 0 Å². The van der Waals surface area contributed by atoms with Crippen LogP contribution >= 0.6 is 24.0 Å². The number of hydrogen-bond acceptors (Lipinski definition) is 4. The van der Waals surface area contributed by atoms with E-state index in [0.29, 0.717) is 32.1 Å². The van der Waals surface area contributed by atoms with Crippen LogP contribution in [0.3, 0.4) is 0 Å². The van der Waals surface area contributed by atoms with Crippen LogP contribution in [0.1, 0.15) is 39.5 Å². The number of amides is 1. The summed E-state index contributed by atoms with van der Waals surface area (Å²) >= 11 is 0. The van der Waals surface area contributed by atoms with Gasteiger partial charge in [0.15, 0.2) is 5.96 Å². The molecule has 2 saturated heterocycles. The Morgan fingerprint density at radius 2 is 1.73 bits per heavy atom. The number of nitrogens with zero attached hydrogens (tertiary/aromatic N) is 4. The number of anilines is 1. The van der Waals surface area contributed by atoms with Crippen LogP contribution in [0.5, 0.6) is 0 Å². The molecule has 0 saturated carbocycles. The monoisotopic (exact) mass is 574 g/mol. The average molecular weight is 575 g/mol. The van der Waals surface area contributed by atoms with E-state index in [9.17, 15) is 9.18 Å². The van der Waals surface area contributed by atoms with Gasteiger partial charge in [-0.25, -0.2) is 4.39 Å². The van der Waals surface area contributed by atoms with Crippen LogP contribution in [0.4, 0.5) is 10.1 Å². The molecule has 9 heteroatoms. The number of carbonyl (C=O) groups excluding carboxylic acids is 1. The Kier molecular flexibility index (Phi) is 12.2. The summed E-state index contributed by atoms with van der Waals surface area (Å²) in [6.07, 6.45) is 3.88. The largest absolute Gasteiger partial charge is 0.368 e. The van der Waals surface area contributed by atoms with Crippen molar-refractivity contribution in [3.63, 3.8) is 0 Å². The van der Waals surface area contributed by atoms with Crippen molar-refractivity contribution in [2.45, 2.75) is 45.6 Å². The third kappa shape index (κ3) is 8.92. The molecule has 0 spiro atoms. The summed E-state index contributed by atoms with van der Waals surface area (Å²) in [7, 11) is 0. The number of likely N-dealkylation sites (tertiary alicyclic amines) is 1. The highest BCUT2D eigenvalue weighted by atomic mass is 127. The fourth-order valence-corrected chi connectivity index (χ4v) is 4.42. The molecule has 33 heavy (non-hydrogen) atoms. The molecule has 0 unspecified atom stereocenters. The zero-order valence-electron chi connectivity index (χ0n) is 20.1. The standard InChI is InChI=1S/C24H39FN6O.HI/c1-3-13-29-14-10-21(11-15-29)28-24(26-4-2)27-12-9-23(32)31-18-16-30(17-19-31)22-7-5-20(25)6-8-22;/h5-8,21H,3-4,9-19H2,1-2H3,(H2,26,27,28);1H. The fraction of sp³-hybridized carbons (Fsp3) is 0.667. The van der Waals surface area contributed by atoms with E-state index in [1.807, 2.05) is 4.90 Å². The smallest absolute Gasteiger partial charge is 0.224 e. The molecule has 1 aromatic carbocycles. The van der Waals surface area contributed by atoms with Crippen molar-refractivity contribution in [2.75, 3.05) is 63.8 Å². The van der Waals surface area contributed by atoms with Crippen LogP contribution in [0.2, 0.25) is 0 Å². The molecule has 2 aliphatic rings. The second-order valence-corrected chi connectivity index (χ2v) is 8.62. The average Bonchev–Trinajstić information content (AvgIpc) is 2.81. The van der Waals surface area contributed by atoms with Gasteiger partial charge in [0, 0.05) is 64.0 Å². The number of aliphatic imine (C=N–C) groups is 1. The molecule has 7 nitrogen and oxygen atoms in total. The predicted molar refractivity (Wildman–Crippen MR) is 144 cm³/mol. The Morgan fingerprint density at radius 1 is 1.06 bits per heavy atom. The van der Waals surface area contributed by atoms with Crippen LogP contribution in [-0.2, 0) is 4.79 Å². The highest BCUT2D eigenvalue weighted by molar-refractivity contribution is 14.0. The first-order valence-corrected chi connectivity index (χ1v) is 12.1. The first kappa shape index (κ1) is 27.6. The number of rotatable bonds is 8. The summed E-state index contributed by atoms with van der Waals surface area (Å²) in [5, 5.41) is 6.87. The van der Waals surface area contributed by atoms with E-state index < -0.39 is 0 Å². The van der Waals surface area contributed by atoms with Crippen LogP contribution in [0.25, 0.3) is 0 Å². The first-order chi connectivity index (χ1) is 15.6. The molecule has 2 heterocycles.